The van der Waals surface area contributed by atoms with E-state index in [1.807, 2.05) is 0 Å². The second-order valence-electron chi connectivity index (χ2n) is 5.40. The Bertz CT molecular complexity index is 663. The lowest BCUT2D eigenvalue weighted by molar-refractivity contribution is 0.419. The van der Waals surface area contributed by atoms with Crippen molar-refractivity contribution in [2.24, 2.45) is 4.99 Å². The Labute approximate surface area is 132 Å². The summed E-state index contributed by atoms with van der Waals surface area (Å²) in [6.07, 6.45) is 0.291. The van der Waals surface area contributed by atoms with Crippen LogP contribution in [-0.4, -0.2) is 22.8 Å². The van der Waals surface area contributed by atoms with Crippen molar-refractivity contribution in [2.45, 2.75) is 25.2 Å². The molecular formula is C17H15IN2. The second kappa shape index (κ2) is 4.67. The van der Waals surface area contributed by atoms with Crippen molar-refractivity contribution in [3.63, 3.8) is 0 Å². The minimum absolute atomic E-state index is 0.291. The Morgan fingerprint density at radius 2 is 1.65 bits per heavy atom. The zero-order valence-electron chi connectivity index (χ0n) is 11.2. The molecule has 0 bridgehead atoms. The van der Waals surface area contributed by atoms with Gasteiger partial charge in [-0.1, -0.05) is 42.5 Å². The van der Waals surface area contributed by atoms with Crippen molar-refractivity contribution in [3.8, 4) is 0 Å². The smallest absolute Gasteiger partial charge is 0.101 e. The Morgan fingerprint density at radius 1 is 0.950 bits per heavy atom. The Morgan fingerprint density at radius 3 is 2.35 bits per heavy atom. The molecule has 2 aliphatic rings. The molecule has 0 N–H and O–H groups in total. The monoisotopic (exact) mass is 374 g/mol. The highest BCUT2D eigenvalue weighted by atomic mass is 127. The van der Waals surface area contributed by atoms with Crippen molar-refractivity contribution < 1.29 is 0 Å². The molecular weight excluding hydrogens is 359 g/mol. The minimum atomic E-state index is 0.291. The van der Waals surface area contributed by atoms with Gasteiger partial charge in [0.2, 0.25) is 0 Å². The van der Waals surface area contributed by atoms with Gasteiger partial charge in [-0.25, -0.2) is 0 Å². The highest BCUT2D eigenvalue weighted by molar-refractivity contribution is 14.1. The molecule has 0 aliphatic carbocycles. The number of hydrogen-bond donors (Lipinski definition) is 0. The number of benzene rings is 2. The first-order valence-corrected chi connectivity index (χ1v) is 7.99. The molecule has 4 atom stereocenters. The molecule has 0 saturated carbocycles. The summed E-state index contributed by atoms with van der Waals surface area (Å²) >= 11 is 2.34. The Balaban J connectivity index is 1.67. The van der Waals surface area contributed by atoms with Gasteiger partial charge in [0.1, 0.15) is 6.17 Å². The van der Waals surface area contributed by atoms with Crippen molar-refractivity contribution in [2.75, 3.05) is 0 Å². The molecule has 20 heavy (non-hydrogen) atoms. The van der Waals surface area contributed by atoms with Crippen LogP contribution in [-0.2, 0) is 0 Å². The minimum Gasteiger partial charge on any atom is -0.269 e. The van der Waals surface area contributed by atoms with Crippen LogP contribution in [0, 0.1) is 3.57 Å². The number of aliphatic imine (C=N–C) groups is 1. The van der Waals surface area contributed by atoms with Gasteiger partial charge in [0.15, 0.2) is 0 Å². The van der Waals surface area contributed by atoms with E-state index in [-0.39, 0.29) is 0 Å². The van der Waals surface area contributed by atoms with Gasteiger partial charge in [-0.2, -0.15) is 0 Å². The fourth-order valence-corrected chi connectivity index (χ4v) is 3.58. The molecule has 2 heterocycles. The van der Waals surface area contributed by atoms with Crippen molar-refractivity contribution in [1.29, 1.82) is 0 Å². The van der Waals surface area contributed by atoms with Crippen LogP contribution in [0.4, 0.5) is 0 Å². The third kappa shape index (κ3) is 1.91. The summed E-state index contributed by atoms with van der Waals surface area (Å²) in [6, 6.07) is 20.4. The summed E-state index contributed by atoms with van der Waals surface area (Å²) in [5.41, 5.74) is 3.92. The zero-order chi connectivity index (χ0) is 13.7. The zero-order valence-corrected chi connectivity index (χ0v) is 13.4. The quantitative estimate of drug-likeness (QED) is 0.576. The van der Waals surface area contributed by atoms with E-state index < -0.39 is 0 Å². The maximum Gasteiger partial charge on any atom is 0.101 e. The normalized spacial score (nSPS) is 30.8. The second-order valence-corrected chi connectivity index (χ2v) is 6.65. The van der Waals surface area contributed by atoms with Gasteiger partial charge in [-0.3, -0.25) is 9.89 Å². The molecule has 2 aliphatic heterocycles. The fourth-order valence-electron chi connectivity index (χ4n) is 3.22. The third-order valence-corrected chi connectivity index (χ3v) is 4.89. The van der Waals surface area contributed by atoms with Crippen molar-refractivity contribution in [3.05, 3.63) is 69.3 Å². The van der Waals surface area contributed by atoms with Gasteiger partial charge >= 0.3 is 0 Å². The van der Waals surface area contributed by atoms with E-state index in [1.54, 1.807) is 0 Å². The lowest BCUT2D eigenvalue weighted by Crippen LogP contribution is -2.09. The highest BCUT2D eigenvalue weighted by Gasteiger charge is 2.57. The van der Waals surface area contributed by atoms with Crippen molar-refractivity contribution >= 4 is 28.3 Å². The molecule has 100 valence electrons. The van der Waals surface area contributed by atoms with Crippen LogP contribution in [0.3, 0.4) is 0 Å². The number of hydrogen-bond acceptors (Lipinski definition) is 2. The van der Waals surface area contributed by atoms with Crippen LogP contribution >= 0.6 is 22.6 Å². The van der Waals surface area contributed by atoms with E-state index >= 15 is 0 Å². The standard InChI is InChI=1S/C17H15IN2/c1-11-19-15(12-7-9-14(18)10-8-12)17-16(20(11)17)13-5-3-2-4-6-13/h2-11,16-17H,1H3. The van der Waals surface area contributed by atoms with Crippen LogP contribution in [0.15, 0.2) is 59.6 Å². The lowest BCUT2D eigenvalue weighted by Gasteiger charge is -2.09. The molecule has 0 aromatic heterocycles. The van der Waals surface area contributed by atoms with Crippen LogP contribution in [0.2, 0.25) is 0 Å². The number of halogens is 1. The first-order chi connectivity index (χ1) is 9.75. The summed E-state index contributed by atoms with van der Waals surface area (Å²) < 4.78 is 1.27. The summed E-state index contributed by atoms with van der Waals surface area (Å²) in [5, 5.41) is 0. The van der Waals surface area contributed by atoms with E-state index in [0.717, 1.165) is 0 Å². The van der Waals surface area contributed by atoms with Crippen LogP contribution in [0.25, 0.3) is 0 Å². The van der Waals surface area contributed by atoms with Crippen LogP contribution < -0.4 is 0 Å². The fraction of sp³-hybridized carbons (Fsp3) is 0.235. The highest BCUT2D eigenvalue weighted by Crippen LogP contribution is 2.50. The molecule has 2 aromatic carbocycles. The largest absolute Gasteiger partial charge is 0.269 e. The van der Waals surface area contributed by atoms with E-state index in [1.165, 1.54) is 20.4 Å². The SMILES string of the molecule is CC1N=C(c2ccc(I)cc2)C2C(c3ccccc3)N12. The maximum atomic E-state index is 4.84. The number of rotatable bonds is 2. The van der Waals surface area contributed by atoms with Gasteiger partial charge in [-0.05, 0) is 52.8 Å². The molecule has 3 heteroatoms. The molecule has 1 saturated heterocycles. The van der Waals surface area contributed by atoms with Gasteiger partial charge in [0, 0.05) is 3.57 Å². The molecule has 0 radical (unpaired) electrons. The van der Waals surface area contributed by atoms with E-state index in [9.17, 15) is 0 Å². The van der Waals surface area contributed by atoms with Gasteiger partial charge in [0.25, 0.3) is 0 Å². The molecule has 2 nitrogen and oxygen atoms in total. The Hall–Kier alpha value is -1.20. The van der Waals surface area contributed by atoms with Gasteiger partial charge in [0.05, 0.1) is 17.8 Å². The van der Waals surface area contributed by atoms with E-state index in [0.29, 0.717) is 18.2 Å². The summed E-state index contributed by atoms with van der Waals surface area (Å²) in [6.45, 7) is 2.19. The number of fused-ring (bicyclic) bond motifs is 1. The summed E-state index contributed by atoms with van der Waals surface area (Å²) in [7, 11) is 0. The third-order valence-electron chi connectivity index (χ3n) is 4.17. The molecule has 0 amide bonds. The van der Waals surface area contributed by atoms with Gasteiger partial charge in [-0.15, -0.1) is 0 Å². The van der Waals surface area contributed by atoms with Crippen LogP contribution in [0.5, 0.6) is 0 Å². The molecule has 1 fully saturated rings. The Kier molecular flexibility index (Phi) is 2.93. The average Bonchev–Trinajstić information content (AvgIpc) is 3.13. The summed E-state index contributed by atoms with van der Waals surface area (Å²) in [4.78, 5) is 7.32. The lowest BCUT2D eigenvalue weighted by atomic mass is 10.0. The maximum absolute atomic E-state index is 4.84. The molecule has 4 unspecified atom stereocenters. The van der Waals surface area contributed by atoms with E-state index in [4.69, 9.17) is 4.99 Å². The van der Waals surface area contributed by atoms with E-state index in [2.05, 4.69) is 89.0 Å². The summed E-state index contributed by atoms with van der Waals surface area (Å²) in [5.74, 6) is 0. The first kappa shape index (κ1) is 12.5. The topological polar surface area (TPSA) is 15.4 Å². The first-order valence-electron chi connectivity index (χ1n) is 6.92. The number of nitrogens with zero attached hydrogens (tertiary/aromatic N) is 2. The van der Waals surface area contributed by atoms with Crippen molar-refractivity contribution in [1.82, 2.24) is 4.90 Å². The van der Waals surface area contributed by atoms with Gasteiger partial charge < -0.3 is 0 Å². The molecule has 4 rings (SSSR count). The molecule has 0 spiro atoms. The predicted octanol–water partition coefficient (Wildman–Crippen LogP) is 3.87. The average molecular weight is 374 g/mol. The molecule has 2 aromatic rings. The predicted molar refractivity (Wildman–Crippen MR) is 90.0 cm³/mol. The van der Waals surface area contributed by atoms with Crippen LogP contribution in [0.1, 0.15) is 24.1 Å².